The molecule has 0 spiro atoms. The van der Waals surface area contributed by atoms with Gasteiger partial charge >= 0.3 is 0 Å². The maximum atomic E-state index is 11.7. The number of rotatable bonds is 0. The van der Waals surface area contributed by atoms with Gasteiger partial charge < -0.3 is 10.2 Å². The first-order valence-electron chi connectivity index (χ1n) is 13.7. The van der Waals surface area contributed by atoms with Crippen molar-refractivity contribution in [1.82, 2.24) is 0 Å². The molecule has 0 aliphatic heterocycles. The lowest BCUT2D eigenvalue weighted by molar-refractivity contribution is -0.213. The Balaban J connectivity index is 1.60. The van der Waals surface area contributed by atoms with E-state index in [4.69, 9.17) is 0 Å². The molecule has 5 aliphatic rings. The van der Waals surface area contributed by atoms with Gasteiger partial charge in [-0.05, 0) is 103 Å². The van der Waals surface area contributed by atoms with Gasteiger partial charge in [0.25, 0.3) is 0 Å². The fraction of sp³-hybridized carbons (Fsp3) is 0.933. The lowest BCUT2D eigenvalue weighted by Crippen LogP contribution is -2.66. The Kier molecular flexibility index (Phi) is 4.87. The summed E-state index contributed by atoms with van der Waals surface area (Å²) in [4.78, 5) is 0. The van der Waals surface area contributed by atoms with Crippen molar-refractivity contribution in [2.45, 2.75) is 125 Å². The summed E-state index contributed by atoms with van der Waals surface area (Å²) in [6.45, 7) is 19.7. The number of aliphatic hydroxyl groups is 2. The van der Waals surface area contributed by atoms with Crippen LogP contribution in [0.2, 0.25) is 0 Å². The van der Waals surface area contributed by atoms with Crippen LogP contribution < -0.4 is 0 Å². The predicted molar refractivity (Wildman–Crippen MR) is 132 cm³/mol. The Labute approximate surface area is 197 Å². The van der Waals surface area contributed by atoms with Crippen LogP contribution in [0.1, 0.15) is 113 Å². The summed E-state index contributed by atoms with van der Waals surface area (Å²) in [5, 5.41) is 22.6. The van der Waals surface area contributed by atoms with Gasteiger partial charge in [0.1, 0.15) is 0 Å². The standard InChI is InChI=1S/C30H50O2/c1-25(2)15-16-27(5)20(17-25)19-9-10-22-28(6)13-12-23(31)26(3,4)21(28)11-14-29(22,7)30(19,8)18-24(27)32/h9,20-24,31-32H,10-18H2,1-8H3/t20-,21+,22+,23-,24-,27-,28-,29+,30+/m0/s1. The Hall–Kier alpha value is -0.340. The molecule has 2 N–H and O–H groups in total. The third-order valence-electron chi connectivity index (χ3n) is 13.1. The second kappa shape index (κ2) is 6.66. The summed E-state index contributed by atoms with van der Waals surface area (Å²) >= 11 is 0. The van der Waals surface area contributed by atoms with Crippen molar-refractivity contribution >= 4 is 0 Å². The number of allylic oxidation sites excluding steroid dienone is 2. The van der Waals surface area contributed by atoms with Crippen LogP contribution in [0.15, 0.2) is 11.6 Å². The van der Waals surface area contributed by atoms with E-state index >= 15 is 0 Å². The van der Waals surface area contributed by atoms with Gasteiger partial charge in [-0.2, -0.15) is 0 Å². The molecule has 2 heteroatoms. The van der Waals surface area contributed by atoms with Crippen LogP contribution in [0.5, 0.6) is 0 Å². The van der Waals surface area contributed by atoms with Crippen LogP contribution in [0, 0.1) is 50.2 Å². The average Bonchev–Trinajstić information content (AvgIpc) is 2.68. The first-order valence-corrected chi connectivity index (χ1v) is 13.7. The highest BCUT2D eigenvalue weighted by atomic mass is 16.3. The van der Waals surface area contributed by atoms with Crippen molar-refractivity contribution in [3.63, 3.8) is 0 Å². The van der Waals surface area contributed by atoms with Crippen LogP contribution in [-0.4, -0.2) is 22.4 Å². The smallest absolute Gasteiger partial charge is 0.0608 e. The maximum absolute atomic E-state index is 11.7. The van der Waals surface area contributed by atoms with Gasteiger partial charge in [0.2, 0.25) is 0 Å². The second-order valence-electron chi connectivity index (χ2n) is 15.3. The molecular formula is C30H50O2. The van der Waals surface area contributed by atoms with E-state index < -0.39 is 0 Å². The van der Waals surface area contributed by atoms with Crippen molar-refractivity contribution in [3.8, 4) is 0 Å². The molecule has 0 saturated heterocycles. The zero-order chi connectivity index (χ0) is 23.5. The van der Waals surface area contributed by atoms with E-state index in [9.17, 15) is 10.2 Å². The monoisotopic (exact) mass is 442 g/mol. The SMILES string of the molecule is CC1(C)CC[C@]2(C)[C@@H](O)C[C@]3(C)C(=CC[C@@H]4[C@@]5(C)CC[C@H](O)C(C)(C)[C@H]5CC[C@]43C)[C@@H]2C1. The number of hydrogen-bond donors (Lipinski definition) is 2. The zero-order valence-electron chi connectivity index (χ0n) is 22.2. The molecule has 4 fully saturated rings. The lowest BCUT2D eigenvalue weighted by Gasteiger charge is -2.72. The third kappa shape index (κ3) is 2.72. The molecule has 5 aliphatic carbocycles. The predicted octanol–water partition coefficient (Wildman–Crippen LogP) is 7.14. The van der Waals surface area contributed by atoms with E-state index in [1.807, 2.05) is 0 Å². The topological polar surface area (TPSA) is 40.5 Å². The molecule has 0 radical (unpaired) electrons. The Morgan fingerprint density at radius 1 is 0.719 bits per heavy atom. The van der Waals surface area contributed by atoms with Gasteiger partial charge in [0, 0.05) is 5.41 Å². The normalized spacial score (nSPS) is 56.2. The zero-order valence-corrected chi connectivity index (χ0v) is 22.2. The van der Waals surface area contributed by atoms with Gasteiger partial charge in [-0.1, -0.05) is 67.0 Å². The molecule has 0 aromatic carbocycles. The van der Waals surface area contributed by atoms with Gasteiger partial charge in [-0.3, -0.25) is 0 Å². The summed E-state index contributed by atoms with van der Waals surface area (Å²) in [5.41, 5.74) is 2.71. The summed E-state index contributed by atoms with van der Waals surface area (Å²) in [5.74, 6) is 1.75. The highest BCUT2D eigenvalue weighted by molar-refractivity contribution is 5.34. The highest BCUT2D eigenvalue weighted by Gasteiger charge is 2.69. The van der Waals surface area contributed by atoms with E-state index in [1.165, 1.54) is 32.1 Å². The Bertz CT molecular complexity index is 825. The van der Waals surface area contributed by atoms with Crippen molar-refractivity contribution in [2.24, 2.45) is 50.2 Å². The Morgan fingerprint density at radius 3 is 2.09 bits per heavy atom. The molecule has 5 rings (SSSR count). The van der Waals surface area contributed by atoms with Gasteiger partial charge in [-0.25, -0.2) is 0 Å². The molecule has 0 aromatic heterocycles. The fourth-order valence-electron chi connectivity index (χ4n) is 10.6. The molecule has 0 aromatic rings. The molecule has 182 valence electrons. The minimum atomic E-state index is -0.198. The van der Waals surface area contributed by atoms with E-state index in [0.29, 0.717) is 23.2 Å². The lowest BCUT2D eigenvalue weighted by atomic mass is 9.33. The number of hydrogen-bond acceptors (Lipinski definition) is 2. The molecule has 4 saturated carbocycles. The molecular weight excluding hydrogens is 392 g/mol. The van der Waals surface area contributed by atoms with Crippen LogP contribution in [0.4, 0.5) is 0 Å². The van der Waals surface area contributed by atoms with Crippen LogP contribution >= 0.6 is 0 Å². The largest absolute Gasteiger partial charge is 0.393 e. The van der Waals surface area contributed by atoms with Crippen LogP contribution in [0.3, 0.4) is 0 Å². The quantitative estimate of drug-likeness (QED) is 0.391. The minimum Gasteiger partial charge on any atom is -0.393 e. The van der Waals surface area contributed by atoms with E-state index in [2.05, 4.69) is 61.5 Å². The second-order valence-corrected chi connectivity index (χ2v) is 15.3. The maximum Gasteiger partial charge on any atom is 0.0608 e. The molecule has 32 heavy (non-hydrogen) atoms. The fourth-order valence-corrected chi connectivity index (χ4v) is 10.6. The van der Waals surface area contributed by atoms with Crippen LogP contribution in [-0.2, 0) is 0 Å². The first-order chi connectivity index (χ1) is 14.6. The van der Waals surface area contributed by atoms with Gasteiger partial charge in [0.15, 0.2) is 0 Å². The van der Waals surface area contributed by atoms with Gasteiger partial charge in [0.05, 0.1) is 12.2 Å². The van der Waals surface area contributed by atoms with E-state index in [1.54, 1.807) is 5.57 Å². The summed E-state index contributed by atoms with van der Waals surface area (Å²) < 4.78 is 0. The highest BCUT2D eigenvalue weighted by Crippen LogP contribution is 2.75. The third-order valence-corrected chi connectivity index (χ3v) is 13.1. The molecule has 0 bridgehead atoms. The van der Waals surface area contributed by atoms with Crippen molar-refractivity contribution in [2.75, 3.05) is 0 Å². The molecule has 0 heterocycles. The molecule has 2 nitrogen and oxygen atoms in total. The molecule has 0 amide bonds. The van der Waals surface area contributed by atoms with E-state index in [-0.39, 0.29) is 39.3 Å². The summed E-state index contributed by atoms with van der Waals surface area (Å²) in [6, 6.07) is 0. The van der Waals surface area contributed by atoms with Crippen molar-refractivity contribution in [3.05, 3.63) is 11.6 Å². The molecule has 0 unspecified atom stereocenters. The summed E-state index contributed by atoms with van der Waals surface area (Å²) in [7, 11) is 0. The van der Waals surface area contributed by atoms with Crippen LogP contribution in [0.25, 0.3) is 0 Å². The number of fused-ring (bicyclic) bond motifs is 7. The van der Waals surface area contributed by atoms with E-state index in [0.717, 1.165) is 25.7 Å². The average molecular weight is 443 g/mol. The van der Waals surface area contributed by atoms with Crippen molar-refractivity contribution in [1.29, 1.82) is 0 Å². The Morgan fingerprint density at radius 2 is 1.41 bits per heavy atom. The summed E-state index contributed by atoms with van der Waals surface area (Å²) in [6.07, 6.45) is 12.6. The van der Waals surface area contributed by atoms with Crippen molar-refractivity contribution < 1.29 is 10.2 Å². The first kappa shape index (κ1) is 23.4. The minimum absolute atomic E-state index is 0.00271. The molecule has 9 atom stereocenters. The van der Waals surface area contributed by atoms with Gasteiger partial charge in [-0.15, -0.1) is 0 Å². The number of aliphatic hydroxyl groups excluding tert-OH is 2.